The second-order valence-corrected chi connectivity index (χ2v) is 6.04. The lowest BCUT2D eigenvalue weighted by molar-refractivity contribution is -0.121. The number of rotatable bonds is 5. The van der Waals surface area contributed by atoms with E-state index in [9.17, 15) is 4.79 Å². The molecule has 1 aromatic heterocycles. The molecular formula is C16H20N2OS. The van der Waals surface area contributed by atoms with Gasteiger partial charge in [-0.2, -0.15) is 0 Å². The molecule has 0 aliphatic carbocycles. The molecule has 20 heavy (non-hydrogen) atoms. The molecule has 0 spiro atoms. The van der Waals surface area contributed by atoms with Crippen LogP contribution in [0.3, 0.4) is 0 Å². The van der Waals surface area contributed by atoms with Gasteiger partial charge in [0.15, 0.2) is 0 Å². The highest BCUT2D eigenvalue weighted by molar-refractivity contribution is 7.09. The van der Waals surface area contributed by atoms with Gasteiger partial charge in [-0.15, -0.1) is 11.3 Å². The zero-order chi connectivity index (χ0) is 14.5. The van der Waals surface area contributed by atoms with Crippen molar-refractivity contribution in [1.82, 2.24) is 10.3 Å². The third kappa shape index (κ3) is 3.90. The van der Waals surface area contributed by atoms with Gasteiger partial charge in [0.1, 0.15) is 0 Å². The molecule has 0 saturated carbocycles. The highest BCUT2D eigenvalue weighted by Gasteiger charge is 2.11. The standard InChI is InChI=1S/C16H20N2OS/c1-11-4-5-14(12(2)8-11)6-7-16(19)18-13(3)15-9-17-10-20-15/h4-5,8-10,13H,6-7H2,1-3H3,(H,18,19)/t13-/m0/s1. The Kier molecular flexibility index (Phi) is 4.90. The van der Waals surface area contributed by atoms with Crippen molar-refractivity contribution in [3.05, 3.63) is 51.5 Å². The van der Waals surface area contributed by atoms with Gasteiger partial charge in [-0.3, -0.25) is 9.78 Å². The molecule has 0 bridgehead atoms. The van der Waals surface area contributed by atoms with Crippen molar-refractivity contribution in [1.29, 1.82) is 0 Å². The number of amides is 1. The third-order valence-electron chi connectivity index (χ3n) is 3.38. The number of nitrogens with zero attached hydrogens (tertiary/aromatic N) is 1. The van der Waals surface area contributed by atoms with Crippen LogP contribution < -0.4 is 5.32 Å². The maximum Gasteiger partial charge on any atom is 0.220 e. The maximum atomic E-state index is 12.0. The Hall–Kier alpha value is -1.68. The summed E-state index contributed by atoms with van der Waals surface area (Å²) in [6, 6.07) is 6.41. The molecule has 1 atom stereocenters. The lowest BCUT2D eigenvalue weighted by atomic mass is 10.0. The van der Waals surface area contributed by atoms with Crippen LogP contribution in [0.15, 0.2) is 29.9 Å². The first-order valence-electron chi connectivity index (χ1n) is 6.80. The third-order valence-corrected chi connectivity index (χ3v) is 4.33. The highest BCUT2D eigenvalue weighted by atomic mass is 32.1. The minimum absolute atomic E-state index is 0.0362. The van der Waals surface area contributed by atoms with E-state index in [2.05, 4.69) is 42.3 Å². The van der Waals surface area contributed by atoms with E-state index in [0.717, 1.165) is 11.3 Å². The largest absolute Gasteiger partial charge is 0.349 e. The number of hydrogen-bond donors (Lipinski definition) is 1. The van der Waals surface area contributed by atoms with E-state index >= 15 is 0 Å². The Morgan fingerprint density at radius 3 is 2.85 bits per heavy atom. The van der Waals surface area contributed by atoms with E-state index in [4.69, 9.17) is 0 Å². The summed E-state index contributed by atoms with van der Waals surface area (Å²) in [7, 11) is 0. The van der Waals surface area contributed by atoms with E-state index in [-0.39, 0.29) is 11.9 Å². The molecule has 0 radical (unpaired) electrons. The first-order chi connectivity index (χ1) is 9.56. The number of thiazole rings is 1. The lowest BCUT2D eigenvalue weighted by Gasteiger charge is -2.12. The fourth-order valence-electron chi connectivity index (χ4n) is 2.20. The van der Waals surface area contributed by atoms with Crippen LogP contribution in [0.4, 0.5) is 0 Å². The van der Waals surface area contributed by atoms with Crippen molar-refractivity contribution in [3.8, 4) is 0 Å². The SMILES string of the molecule is Cc1ccc(CCC(=O)N[C@@H](C)c2cncs2)c(C)c1. The van der Waals surface area contributed by atoms with Gasteiger partial charge in [0.2, 0.25) is 5.91 Å². The van der Waals surface area contributed by atoms with E-state index in [1.54, 1.807) is 23.0 Å². The number of aryl methyl sites for hydroxylation is 3. The smallest absolute Gasteiger partial charge is 0.220 e. The molecule has 106 valence electrons. The monoisotopic (exact) mass is 288 g/mol. The molecule has 0 saturated heterocycles. The average Bonchev–Trinajstić information content (AvgIpc) is 2.91. The number of nitrogens with one attached hydrogen (secondary N) is 1. The summed E-state index contributed by atoms with van der Waals surface area (Å²) < 4.78 is 0. The van der Waals surface area contributed by atoms with Gasteiger partial charge in [0.25, 0.3) is 0 Å². The van der Waals surface area contributed by atoms with Crippen LogP contribution in [0.2, 0.25) is 0 Å². The number of carbonyl (C=O) groups is 1. The van der Waals surface area contributed by atoms with Crippen molar-refractivity contribution >= 4 is 17.2 Å². The van der Waals surface area contributed by atoms with Gasteiger partial charge >= 0.3 is 0 Å². The summed E-state index contributed by atoms with van der Waals surface area (Å²) in [4.78, 5) is 17.1. The van der Waals surface area contributed by atoms with Crippen LogP contribution in [0.25, 0.3) is 0 Å². The van der Waals surface area contributed by atoms with E-state index in [0.29, 0.717) is 6.42 Å². The van der Waals surface area contributed by atoms with Gasteiger partial charge in [-0.1, -0.05) is 23.8 Å². The van der Waals surface area contributed by atoms with Crippen LogP contribution in [0, 0.1) is 13.8 Å². The molecule has 1 heterocycles. The van der Waals surface area contributed by atoms with Gasteiger partial charge in [-0.05, 0) is 38.3 Å². The summed E-state index contributed by atoms with van der Waals surface area (Å²) in [5, 5.41) is 3.01. The molecule has 1 amide bonds. The predicted octanol–water partition coefficient (Wildman–Crippen LogP) is 3.57. The van der Waals surface area contributed by atoms with Gasteiger partial charge in [0, 0.05) is 17.5 Å². The Balaban J connectivity index is 1.86. The fraction of sp³-hybridized carbons (Fsp3) is 0.375. The Morgan fingerprint density at radius 2 is 2.20 bits per heavy atom. The summed E-state index contributed by atoms with van der Waals surface area (Å²) >= 11 is 1.57. The molecule has 1 aromatic carbocycles. The minimum atomic E-state index is 0.0362. The second kappa shape index (κ2) is 6.66. The van der Waals surface area contributed by atoms with Gasteiger partial charge in [-0.25, -0.2) is 0 Å². The molecule has 2 aromatic rings. The first-order valence-corrected chi connectivity index (χ1v) is 7.68. The Bertz CT molecular complexity index is 578. The Morgan fingerprint density at radius 1 is 1.40 bits per heavy atom. The maximum absolute atomic E-state index is 12.0. The number of hydrogen-bond acceptors (Lipinski definition) is 3. The Labute approximate surface area is 124 Å². The number of carbonyl (C=O) groups excluding carboxylic acids is 1. The number of aromatic nitrogens is 1. The first kappa shape index (κ1) is 14.7. The molecule has 0 aliphatic rings. The van der Waals surface area contributed by atoms with Gasteiger partial charge < -0.3 is 5.32 Å². The zero-order valence-corrected chi connectivity index (χ0v) is 13.0. The molecule has 1 N–H and O–H groups in total. The summed E-state index contributed by atoms with van der Waals surface area (Å²) in [6.45, 7) is 6.17. The minimum Gasteiger partial charge on any atom is -0.349 e. The summed E-state index contributed by atoms with van der Waals surface area (Å²) in [5.74, 6) is 0.0888. The van der Waals surface area contributed by atoms with Crippen molar-refractivity contribution in [2.45, 2.75) is 39.7 Å². The highest BCUT2D eigenvalue weighted by Crippen LogP contribution is 2.17. The zero-order valence-electron chi connectivity index (χ0n) is 12.1. The summed E-state index contributed by atoms with van der Waals surface area (Å²) in [6.07, 6.45) is 3.11. The molecular weight excluding hydrogens is 268 g/mol. The molecule has 0 fully saturated rings. The van der Waals surface area contributed by atoms with Crippen molar-refractivity contribution in [3.63, 3.8) is 0 Å². The number of benzene rings is 1. The predicted molar refractivity (Wildman–Crippen MR) is 82.9 cm³/mol. The molecule has 3 nitrogen and oxygen atoms in total. The fourth-order valence-corrected chi connectivity index (χ4v) is 2.83. The topological polar surface area (TPSA) is 42.0 Å². The normalized spacial score (nSPS) is 12.2. The van der Waals surface area contributed by atoms with E-state index in [1.165, 1.54) is 16.7 Å². The quantitative estimate of drug-likeness (QED) is 0.914. The van der Waals surface area contributed by atoms with Crippen LogP contribution >= 0.6 is 11.3 Å². The van der Waals surface area contributed by atoms with Crippen molar-refractivity contribution in [2.75, 3.05) is 0 Å². The molecule has 2 rings (SSSR count). The van der Waals surface area contributed by atoms with Crippen molar-refractivity contribution < 1.29 is 4.79 Å². The van der Waals surface area contributed by atoms with Crippen LogP contribution in [0.5, 0.6) is 0 Å². The summed E-state index contributed by atoms with van der Waals surface area (Å²) in [5.41, 5.74) is 5.55. The molecule has 4 heteroatoms. The van der Waals surface area contributed by atoms with Gasteiger partial charge in [0.05, 0.1) is 11.6 Å². The van der Waals surface area contributed by atoms with Crippen molar-refractivity contribution in [2.24, 2.45) is 0 Å². The van der Waals surface area contributed by atoms with E-state index in [1.807, 2.05) is 6.92 Å². The van der Waals surface area contributed by atoms with E-state index < -0.39 is 0 Å². The van der Waals surface area contributed by atoms with Crippen LogP contribution in [-0.4, -0.2) is 10.9 Å². The molecule has 0 unspecified atom stereocenters. The van der Waals surface area contributed by atoms with Crippen LogP contribution in [-0.2, 0) is 11.2 Å². The van der Waals surface area contributed by atoms with Crippen LogP contribution in [0.1, 0.15) is 41.0 Å². The molecule has 0 aliphatic heterocycles. The second-order valence-electron chi connectivity index (χ2n) is 5.12. The average molecular weight is 288 g/mol. The lowest BCUT2D eigenvalue weighted by Crippen LogP contribution is -2.26.